The van der Waals surface area contributed by atoms with E-state index in [1.165, 1.54) is 17.8 Å². The number of hydrogen-bond donors (Lipinski definition) is 1. The molecule has 0 spiro atoms. The molecule has 0 radical (unpaired) electrons. The predicted octanol–water partition coefficient (Wildman–Crippen LogP) is 1.79. The Morgan fingerprint density at radius 3 is 0.824 bits per heavy atom. The quantitative estimate of drug-likeness (QED) is 0.339. The van der Waals surface area contributed by atoms with Gasteiger partial charge in [0.2, 0.25) is 0 Å². The summed E-state index contributed by atoms with van der Waals surface area (Å²) in [6.07, 6.45) is 1.12. The zero-order valence-corrected chi connectivity index (χ0v) is 74.8. The molecule has 1 fully saturated rings. The molecule has 1 aliphatic rings. The molecule has 1 N–H and O–H groups in total. The van der Waals surface area contributed by atoms with Crippen molar-refractivity contribution in [2.45, 2.75) is 58.5 Å². The van der Waals surface area contributed by atoms with Gasteiger partial charge >= 0.3 is 10.3 Å². The molecule has 0 amide bonds. The number of hydrogen-bond acceptors (Lipinski definition) is 5. The van der Waals surface area contributed by atoms with Gasteiger partial charge in [-0.05, 0) is 12.3 Å². The molecule has 68 heavy (non-hydrogen) atoms. The van der Waals surface area contributed by atoms with Gasteiger partial charge in [-0.25, -0.2) is 0 Å². The van der Waals surface area contributed by atoms with Gasteiger partial charge in [-0.15, -0.1) is 5.54 Å². The van der Waals surface area contributed by atoms with Gasteiger partial charge in [0.25, 0.3) is 0 Å². The van der Waals surface area contributed by atoms with Crippen molar-refractivity contribution >= 4 is 467 Å². The topological polar surface area (TPSA) is 55.4 Å². The van der Waals surface area contributed by atoms with E-state index >= 15 is 0 Å². The van der Waals surface area contributed by atoms with Crippen LogP contribution >= 0.6 is 0 Å². The second-order valence-electron chi connectivity index (χ2n) is 9.49. The summed E-state index contributed by atoms with van der Waals surface area (Å²) in [4.78, 5) is 0. The first-order chi connectivity index (χ1) is 33.0. The molecular weight excluding hydrogens is 1870 g/mol. The van der Waals surface area contributed by atoms with Crippen molar-refractivity contribution in [1.29, 1.82) is 0 Å². The molecule has 0 aromatic heterocycles. The lowest BCUT2D eigenvalue weighted by atomic mass is 10.0. The van der Waals surface area contributed by atoms with E-state index < -0.39 is 18.4 Å². The van der Waals surface area contributed by atoms with Crippen molar-refractivity contribution in [3.8, 4) is 11.5 Å². The lowest BCUT2D eigenvalue weighted by Gasteiger charge is -2.28. The summed E-state index contributed by atoms with van der Waals surface area (Å²) >= 11 is 9.62. The molecule has 2 unspecified atom stereocenters. The summed E-state index contributed by atoms with van der Waals surface area (Å²) in [5.41, 5.74) is 3.21. The first-order valence-electron chi connectivity index (χ1n) is 14.5. The third kappa shape index (κ3) is 65.8. The average molecular weight is 1890 g/mol. The molecule has 56 heteroatoms. The smallest absolute Gasteiger partial charge is 0.255 e. The van der Waals surface area contributed by atoms with Crippen molar-refractivity contribution < 1.29 is 12.6 Å². The van der Waals surface area contributed by atoms with E-state index in [2.05, 4.69) is 49.7 Å². The largest absolute Gasteiger partial charge is 0.337 e. The summed E-state index contributed by atoms with van der Waals surface area (Å²) in [6, 6.07) is -0.306. The summed E-state index contributed by atoms with van der Waals surface area (Å²) in [5.74, 6) is 3.47. The predicted molar refractivity (Wildman–Crippen MR) is 444 cm³/mol. The number of rotatable bonds is 2. The highest BCUT2D eigenvalue weighted by atomic mass is 33.5. The molecule has 0 bridgehead atoms. The first-order valence-corrected chi connectivity index (χ1v) is 84.7. The van der Waals surface area contributed by atoms with E-state index in [-0.39, 0.29) is 12.1 Å². The second kappa shape index (κ2) is 62.2. The highest BCUT2D eigenvalue weighted by Crippen LogP contribution is 2.20. The van der Waals surface area contributed by atoms with Crippen LogP contribution in [0.15, 0.2) is 0 Å². The van der Waals surface area contributed by atoms with E-state index in [0.717, 1.165) is 6.42 Å². The fourth-order valence-corrected chi connectivity index (χ4v) is 130. The standard InChI is InChI=1S/C12H23NO3SSi.S50/c1-10(2)8-12-9-11(6-7-18(3,4)5)13-17(14,15)16-12;1-3-5-7-9-11-13-15-17-19-21-23-25-27-29-31-33-35-37-39-41-43-45-47-49-50-48-46-44-42-40-38-36-34-32-30-28-26-24-22-20-18-16-14-12-10-8-6-4-2/h10-13H,8-9H2,1-5H3;. The molecule has 0 saturated carbocycles. The zero-order chi connectivity index (χ0) is 49.9. The van der Waals surface area contributed by atoms with Crippen molar-refractivity contribution in [3.63, 3.8) is 0 Å². The van der Waals surface area contributed by atoms with Crippen LogP contribution in [0.4, 0.5) is 0 Å². The van der Waals surface area contributed by atoms with Gasteiger partial charge in [0, 0.05) is 455 Å². The van der Waals surface area contributed by atoms with E-state index in [1.807, 2.05) is 302 Å². The van der Waals surface area contributed by atoms with Crippen LogP contribution in [0.1, 0.15) is 26.7 Å². The molecule has 0 aliphatic carbocycles. The summed E-state index contributed by atoms with van der Waals surface area (Å²) in [7, 11) is 80.6. The Kier molecular flexibility index (Phi) is 71.9. The van der Waals surface area contributed by atoms with Crippen LogP contribution in [-0.2, 0) is 463 Å². The molecule has 1 rings (SSSR count). The van der Waals surface area contributed by atoms with E-state index in [4.69, 9.17) is 26.6 Å². The minimum Gasteiger partial charge on any atom is -0.255 e. The first kappa shape index (κ1) is 78.6. The maximum atomic E-state index is 11.6. The molecule has 1 saturated heterocycles. The van der Waals surface area contributed by atoms with Crippen molar-refractivity contribution in [1.82, 2.24) is 4.72 Å². The molecular formula is C12H23NO3S51Si. The third-order valence-electron chi connectivity index (χ3n) is 3.71. The fourth-order valence-electron chi connectivity index (χ4n) is 2.31. The Bertz CT molecular complexity index is 4030. The van der Waals surface area contributed by atoms with Gasteiger partial charge < -0.3 is 0 Å². The maximum absolute atomic E-state index is 11.6. The van der Waals surface area contributed by atoms with Crippen molar-refractivity contribution in [3.05, 3.63) is 0 Å². The van der Waals surface area contributed by atoms with Gasteiger partial charge in [0.05, 0.1) is 12.1 Å². The Labute approximate surface area is 545 Å². The minimum absolute atomic E-state index is 0.253. The normalized spacial score (nSPS) is 13.0. The van der Waals surface area contributed by atoms with Gasteiger partial charge in [0.1, 0.15) is 8.07 Å². The van der Waals surface area contributed by atoms with Gasteiger partial charge in [-0.1, -0.05) is 39.4 Å². The van der Waals surface area contributed by atoms with E-state index in [0.29, 0.717) is 12.3 Å². The molecule has 404 valence electrons. The Balaban J connectivity index is 0.00000207. The van der Waals surface area contributed by atoms with Crippen LogP contribution in [0.2, 0.25) is 19.6 Å². The number of nitrogens with one attached hydrogen (secondary N) is 1. The highest BCUT2D eigenvalue weighted by molar-refractivity contribution is 8.82. The molecule has 4 nitrogen and oxygen atoms in total. The van der Waals surface area contributed by atoms with Crippen LogP contribution in [0.25, 0.3) is 0 Å². The van der Waals surface area contributed by atoms with Crippen LogP contribution in [0.5, 0.6) is 0 Å². The highest BCUT2D eigenvalue weighted by Gasteiger charge is 2.31. The van der Waals surface area contributed by atoms with Gasteiger partial charge in [-0.2, -0.15) is 13.1 Å². The van der Waals surface area contributed by atoms with Crippen LogP contribution in [-0.4, -0.2) is 28.6 Å². The van der Waals surface area contributed by atoms with Crippen LogP contribution < -0.4 is 4.72 Å². The Morgan fingerprint density at radius 2 is 0.647 bits per heavy atom. The van der Waals surface area contributed by atoms with Crippen LogP contribution in [0, 0.1) is 17.4 Å². The van der Waals surface area contributed by atoms with Gasteiger partial charge in [-0.3, -0.25) is 4.18 Å². The lowest BCUT2D eigenvalue weighted by Crippen LogP contribution is -2.45. The monoisotopic (exact) mass is 1890 g/mol. The minimum atomic E-state index is -3.63. The zero-order valence-electron chi connectivity index (χ0n) is 32.2. The van der Waals surface area contributed by atoms with E-state index in [9.17, 15) is 8.42 Å². The Hall–Kier alpha value is 10.6. The molecule has 2 atom stereocenters. The SMILES string of the molecule is CC(C)CC1CC(C#C[Si](C)(C)C)NS(=O)(=O)O1.S=S=S=S=S=S=S=S=S=S=S=S=S=S=S=S=S=S=S=S=S=S=S=S=S=S=S=S=S=S=S=S=S=S=S=S=S=S=S=S=S=S=S=S=S=S=S=S=S=S. The fraction of sp³-hybridized carbons (Fsp3) is 0.833. The second-order valence-corrected chi connectivity index (χ2v) is 100. The maximum Gasteiger partial charge on any atom is 0.337 e. The average Bonchev–Trinajstić information content (AvgIpc) is 3.29. The summed E-state index contributed by atoms with van der Waals surface area (Å²) in [6.45, 7) is 10.5. The van der Waals surface area contributed by atoms with Crippen LogP contribution in [0.3, 0.4) is 0 Å². The Morgan fingerprint density at radius 1 is 0.441 bits per heavy atom. The summed E-state index contributed by atoms with van der Waals surface area (Å²) in [5, 5.41) is 0. The lowest BCUT2D eigenvalue weighted by molar-refractivity contribution is 0.145. The molecule has 0 aromatic carbocycles. The molecule has 1 heterocycles. The van der Waals surface area contributed by atoms with Crippen molar-refractivity contribution in [2.24, 2.45) is 5.92 Å². The third-order valence-corrected chi connectivity index (χ3v) is 110. The molecule has 0 aromatic rings. The summed E-state index contributed by atoms with van der Waals surface area (Å²) < 4.78 is 30.7. The molecule has 1 aliphatic heterocycles. The van der Waals surface area contributed by atoms with E-state index in [1.54, 1.807) is 107 Å². The van der Waals surface area contributed by atoms with Crippen molar-refractivity contribution in [2.75, 3.05) is 0 Å². The van der Waals surface area contributed by atoms with Gasteiger partial charge in [0.15, 0.2) is 0 Å².